The molecule has 1 heterocycles. The second kappa shape index (κ2) is 5.56. The Kier molecular flexibility index (Phi) is 4.69. The molecule has 1 rings (SSSR count). The summed E-state index contributed by atoms with van der Waals surface area (Å²) in [7, 11) is 3.98. The van der Waals surface area contributed by atoms with Crippen molar-refractivity contribution in [3.63, 3.8) is 0 Å². The fourth-order valence-electron chi connectivity index (χ4n) is 1.90. The normalized spacial score (nSPS) is 22.6. The summed E-state index contributed by atoms with van der Waals surface area (Å²) in [5, 5.41) is 0. The molecule has 0 aromatic rings. The van der Waals surface area contributed by atoms with Crippen molar-refractivity contribution in [2.24, 2.45) is 0 Å². The number of halogens is 1. The van der Waals surface area contributed by atoms with Gasteiger partial charge in [-0.3, -0.25) is 4.79 Å². The molecule has 0 aromatic carbocycles. The van der Waals surface area contributed by atoms with E-state index in [0.29, 0.717) is 18.3 Å². The van der Waals surface area contributed by atoms with Gasteiger partial charge >= 0.3 is 0 Å². The Hall–Kier alpha value is -0.280. The third kappa shape index (κ3) is 3.14. The maximum absolute atomic E-state index is 11.5. The molecule has 0 N–H and O–H groups in total. The van der Waals surface area contributed by atoms with Gasteiger partial charge in [0.2, 0.25) is 5.91 Å². The molecule has 1 atom stereocenters. The van der Waals surface area contributed by atoms with E-state index in [4.69, 9.17) is 11.6 Å². The van der Waals surface area contributed by atoms with Gasteiger partial charge in [0, 0.05) is 31.9 Å². The van der Waals surface area contributed by atoms with Gasteiger partial charge in [-0.1, -0.05) is 0 Å². The van der Waals surface area contributed by atoms with Crippen LogP contribution in [-0.4, -0.2) is 54.8 Å². The summed E-state index contributed by atoms with van der Waals surface area (Å²) >= 11 is 5.53. The number of likely N-dealkylation sites (N-methyl/N-ethyl adjacent to an activating group) is 2. The number of hydrogen-bond donors (Lipinski definition) is 0. The molecule has 14 heavy (non-hydrogen) atoms. The van der Waals surface area contributed by atoms with E-state index >= 15 is 0 Å². The minimum atomic E-state index is 0.153. The molecule has 1 amide bonds. The second-order valence-electron chi connectivity index (χ2n) is 3.99. The first-order valence-corrected chi connectivity index (χ1v) is 5.68. The van der Waals surface area contributed by atoms with E-state index in [1.165, 1.54) is 12.8 Å². The van der Waals surface area contributed by atoms with Gasteiger partial charge in [-0.2, -0.15) is 0 Å². The SMILES string of the molecule is CN(CC1CCCN1C)C(=O)CCCl. The van der Waals surface area contributed by atoms with Crippen LogP contribution in [0.1, 0.15) is 19.3 Å². The largest absolute Gasteiger partial charge is 0.344 e. The number of hydrogen-bond acceptors (Lipinski definition) is 2. The standard InChI is InChI=1S/C10H19ClN2O/c1-12-7-3-4-9(12)8-13(2)10(14)5-6-11/h9H,3-8H2,1-2H3. The topological polar surface area (TPSA) is 23.6 Å². The van der Waals surface area contributed by atoms with Gasteiger partial charge in [-0.05, 0) is 26.4 Å². The van der Waals surface area contributed by atoms with Crippen molar-refractivity contribution in [1.29, 1.82) is 0 Å². The van der Waals surface area contributed by atoms with Gasteiger partial charge in [0.05, 0.1) is 0 Å². The zero-order valence-corrected chi connectivity index (χ0v) is 9.76. The molecule has 0 aliphatic carbocycles. The van der Waals surface area contributed by atoms with Crippen molar-refractivity contribution in [3.8, 4) is 0 Å². The molecule has 1 unspecified atom stereocenters. The monoisotopic (exact) mass is 218 g/mol. The third-order valence-corrected chi connectivity index (χ3v) is 3.08. The highest BCUT2D eigenvalue weighted by atomic mass is 35.5. The molecule has 0 radical (unpaired) electrons. The fourth-order valence-corrected chi connectivity index (χ4v) is 2.06. The average Bonchev–Trinajstić information content (AvgIpc) is 2.52. The Balaban J connectivity index is 2.32. The van der Waals surface area contributed by atoms with E-state index in [2.05, 4.69) is 11.9 Å². The molecule has 3 nitrogen and oxygen atoms in total. The van der Waals surface area contributed by atoms with Gasteiger partial charge in [0.15, 0.2) is 0 Å². The number of carbonyl (C=O) groups is 1. The second-order valence-corrected chi connectivity index (χ2v) is 4.37. The third-order valence-electron chi connectivity index (χ3n) is 2.89. The van der Waals surface area contributed by atoms with Crippen molar-refractivity contribution >= 4 is 17.5 Å². The summed E-state index contributed by atoms with van der Waals surface area (Å²) in [4.78, 5) is 15.6. The molecule has 1 aliphatic heterocycles. The van der Waals surface area contributed by atoms with Crippen molar-refractivity contribution < 1.29 is 4.79 Å². The van der Waals surface area contributed by atoms with Gasteiger partial charge in [-0.25, -0.2) is 0 Å². The van der Waals surface area contributed by atoms with E-state index < -0.39 is 0 Å². The highest BCUT2D eigenvalue weighted by Gasteiger charge is 2.23. The number of alkyl halides is 1. The lowest BCUT2D eigenvalue weighted by Crippen LogP contribution is -2.39. The summed E-state index contributed by atoms with van der Waals surface area (Å²) in [6, 6.07) is 0.541. The number of likely N-dealkylation sites (tertiary alicyclic amines) is 1. The first-order valence-electron chi connectivity index (χ1n) is 5.15. The predicted molar refractivity (Wildman–Crippen MR) is 58.6 cm³/mol. The highest BCUT2D eigenvalue weighted by molar-refractivity contribution is 6.18. The van der Waals surface area contributed by atoms with E-state index in [0.717, 1.165) is 13.1 Å². The van der Waals surface area contributed by atoms with Crippen LogP contribution in [0.3, 0.4) is 0 Å². The van der Waals surface area contributed by atoms with E-state index in [1.54, 1.807) is 4.90 Å². The van der Waals surface area contributed by atoms with Crippen LogP contribution >= 0.6 is 11.6 Å². The minimum Gasteiger partial charge on any atom is -0.344 e. The van der Waals surface area contributed by atoms with Gasteiger partial charge in [-0.15, -0.1) is 11.6 Å². The van der Waals surface area contributed by atoms with Gasteiger partial charge in [0.25, 0.3) is 0 Å². The molecule has 1 fully saturated rings. The molecule has 0 saturated carbocycles. The van der Waals surface area contributed by atoms with E-state index in [1.807, 2.05) is 7.05 Å². The van der Waals surface area contributed by atoms with Crippen LogP contribution in [0.5, 0.6) is 0 Å². The lowest BCUT2D eigenvalue weighted by molar-refractivity contribution is -0.130. The van der Waals surface area contributed by atoms with Crippen LogP contribution in [0.15, 0.2) is 0 Å². The molecule has 0 spiro atoms. The van der Waals surface area contributed by atoms with Gasteiger partial charge < -0.3 is 9.80 Å². The number of nitrogens with zero attached hydrogens (tertiary/aromatic N) is 2. The zero-order valence-electron chi connectivity index (χ0n) is 9.00. The van der Waals surface area contributed by atoms with Gasteiger partial charge in [0.1, 0.15) is 0 Å². The zero-order chi connectivity index (χ0) is 10.6. The Morgan fingerprint density at radius 2 is 2.36 bits per heavy atom. The first-order chi connectivity index (χ1) is 6.65. The van der Waals surface area contributed by atoms with Crippen LogP contribution in [0.4, 0.5) is 0 Å². The van der Waals surface area contributed by atoms with Crippen LogP contribution in [0.2, 0.25) is 0 Å². The quantitative estimate of drug-likeness (QED) is 0.662. The highest BCUT2D eigenvalue weighted by Crippen LogP contribution is 2.15. The molecule has 0 aromatic heterocycles. The number of carbonyl (C=O) groups excluding carboxylic acids is 1. The molecule has 82 valence electrons. The van der Waals surface area contributed by atoms with Crippen molar-refractivity contribution in [2.75, 3.05) is 33.1 Å². The summed E-state index contributed by atoms with van der Waals surface area (Å²) in [5.41, 5.74) is 0. The maximum atomic E-state index is 11.5. The maximum Gasteiger partial charge on any atom is 0.223 e. The molecule has 1 aliphatic rings. The van der Waals surface area contributed by atoms with Crippen molar-refractivity contribution in [3.05, 3.63) is 0 Å². The number of rotatable bonds is 4. The minimum absolute atomic E-state index is 0.153. The van der Waals surface area contributed by atoms with E-state index in [-0.39, 0.29) is 5.91 Å². The number of amides is 1. The Labute approximate surface area is 91.0 Å². The molecule has 4 heteroatoms. The molecular formula is C10H19ClN2O. The summed E-state index contributed by atoms with van der Waals surface area (Å²) in [6.07, 6.45) is 2.90. The Morgan fingerprint density at radius 3 is 2.86 bits per heavy atom. The van der Waals surface area contributed by atoms with Crippen LogP contribution in [-0.2, 0) is 4.79 Å². The molecule has 1 saturated heterocycles. The van der Waals surface area contributed by atoms with Crippen molar-refractivity contribution in [2.45, 2.75) is 25.3 Å². The Bertz CT molecular complexity index is 199. The first kappa shape index (κ1) is 11.8. The fraction of sp³-hybridized carbons (Fsp3) is 0.900. The smallest absolute Gasteiger partial charge is 0.223 e. The molecular weight excluding hydrogens is 200 g/mol. The summed E-state index contributed by atoms with van der Waals surface area (Å²) in [6.45, 7) is 1.99. The molecule has 0 bridgehead atoms. The van der Waals surface area contributed by atoms with Crippen LogP contribution < -0.4 is 0 Å². The summed E-state index contributed by atoms with van der Waals surface area (Å²) in [5.74, 6) is 0.573. The average molecular weight is 219 g/mol. The lowest BCUT2D eigenvalue weighted by Gasteiger charge is -2.25. The predicted octanol–water partition coefficient (Wildman–Crippen LogP) is 1.17. The van der Waals surface area contributed by atoms with Crippen molar-refractivity contribution in [1.82, 2.24) is 9.80 Å². The lowest BCUT2D eigenvalue weighted by atomic mass is 10.2. The Morgan fingerprint density at radius 1 is 1.64 bits per heavy atom. The van der Waals surface area contributed by atoms with E-state index in [9.17, 15) is 4.79 Å². The van der Waals surface area contributed by atoms with Crippen LogP contribution in [0, 0.1) is 0 Å². The summed E-state index contributed by atoms with van der Waals surface area (Å²) < 4.78 is 0. The van der Waals surface area contributed by atoms with Crippen LogP contribution in [0.25, 0.3) is 0 Å².